The number of fused-ring (bicyclic) bond motifs is 1. The lowest BCUT2D eigenvalue weighted by atomic mass is 10.1. The standard InChI is InChI=1S/C26H25NO2S/c1-19-17-26(28)27-25-14-11-22(18-24(19)25)29-15-5-6-16-30-23-12-9-21(10-13-23)20-7-3-2-4-8-20/h2-4,7-14,17-18H,5-6,15-16H2,1H3,(H,27,28). The summed E-state index contributed by atoms with van der Waals surface area (Å²) in [5.41, 5.74) is 4.25. The zero-order chi connectivity index (χ0) is 20.8. The zero-order valence-corrected chi connectivity index (χ0v) is 17.9. The van der Waals surface area contributed by atoms with Gasteiger partial charge in [0.25, 0.3) is 0 Å². The van der Waals surface area contributed by atoms with Crippen molar-refractivity contribution in [2.75, 3.05) is 12.4 Å². The number of aryl methyl sites for hydroxylation is 1. The maximum absolute atomic E-state index is 11.6. The smallest absolute Gasteiger partial charge is 0.248 e. The quantitative estimate of drug-likeness (QED) is 0.265. The molecular weight excluding hydrogens is 390 g/mol. The Balaban J connectivity index is 1.21. The van der Waals surface area contributed by atoms with Crippen LogP contribution < -0.4 is 10.3 Å². The lowest BCUT2D eigenvalue weighted by Crippen LogP contribution is -2.05. The van der Waals surface area contributed by atoms with Gasteiger partial charge in [-0.3, -0.25) is 4.79 Å². The Morgan fingerprint density at radius 3 is 2.43 bits per heavy atom. The number of aromatic amines is 1. The third-order valence-corrected chi connectivity index (χ3v) is 6.16. The van der Waals surface area contributed by atoms with E-state index in [2.05, 4.69) is 53.5 Å². The first kappa shape index (κ1) is 20.3. The van der Waals surface area contributed by atoms with Crippen molar-refractivity contribution in [1.29, 1.82) is 0 Å². The van der Waals surface area contributed by atoms with Crippen LogP contribution in [0.25, 0.3) is 22.0 Å². The van der Waals surface area contributed by atoms with Gasteiger partial charge in [-0.25, -0.2) is 0 Å². The Morgan fingerprint density at radius 1 is 0.867 bits per heavy atom. The van der Waals surface area contributed by atoms with E-state index in [4.69, 9.17) is 4.74 Å². The third-order valence-electron chi connectivity index (χ3n) is 5.06. The molecule has 0 atom stereocenters. The second kappa shape index (κ2) is 9.68. The van der Waals surface area contributed by atoms with E-state index in [0.717, 1.165) is 40.8 Å². The van der Waals surface area contributed by atoms with Crippen molar-refractivity contribution in [3.05, 3.63) is 94.8 Å². The first-order valence-electron chi connectivity index (χ1n) is 10.2. The van der Waals surface area contributed by atoms with Gasteiger partial charge in [-0.05, 0) is 72.5 Å². The van der Waals surface area contributed by atoms with Crippen molar-refractivity contribution in [2.45, 2.75) is 24.7 Å². The number of ether oxygens (including phenoxy) is 1. The topological polar surface area (TPSA) is 42.1 Å². The van der Waals surface area contributed by atoms with Crippen LogP contribution >= 0.6 is 11.8 Å². The molecule has 1 N–H and O–H groups in total. The molecule has 0 aliphatic rings. The number of rotatable bonds is 8. The van der Waals surface area contributed by atoms with Crippen LogP contribution in [0.15, 0.2) is 88.6 Å². The van der Waals surface area contributed by atoms with Crippen LogP contribution in [0.3, 0.4) is 0 Å². The minimum atomic E-state index is -0.0686. The normalized spacial score (nSPS) is 11.0. The van der Waals surface area contributed by atoms with Crippen LogP contribution in [0.4, 0.5) is 0 Å². The first-order chi connectivity index (χ1) is 14.7. The van der Waals surface area contributed by atoms with Gasteiger partial charge in [-0.1, -0.05) is 42.5 Å². The Kier molecular flexibility index (Phi) is 6.55. The van der Waals surface area contributed by atoms with E-state index < -0.39 is 0 Å². The fourth-order valence-electron chi connectivity index (χ4n) is 3.45. The summed E-state index contributed by atoms with van der Waals surface area (Å²) >= 11 is 1.89. The minimum Gasteiger partial charge on any atom is -0.494 e. The van der Waals surface area contributed by atoms with Gasteiger partial charge in [0.1, 0.15) is 5.75 Å². The van der Waals surface area contributed by atoms with E-state index >= 15 is 0 Å². The van der Waals surface area contributed by atoms with Gasteiger partial charge >= 0.3 is 0 Å². The van der Waals surface area contributed by atoms with Crippen LogP contribution in [-0.4, -0.2) is 17.3 Å². The molecule has 4 aromatic rings. The summed E-state index contributed by atoms with van der Waals surface area (Å²) in [5.74, 6) is 1.92. The van der Waals surface area contributed by atoms with Crippen molar-refractivity contribution < 1.29 is 4.74 Å². The molecular formula is C26H25NO2S. The number of benzene rings is 3. The summed E-state index contributed by atoms with van der Waals surface area (Å²) in [6.07, 6.45) is 2.11. The highest BCUT2D eigenvalue weighted by Gasteiger charge is 2.03. The van der Waals surface area contributed by atoms with Crippen molar-refractivity contribution in [1.82, 2.24) is 4.98 Å². The molecule has 152 valence electrons. The maximum atomic E-state index is 11.6. The molecule has 4 heteroatoms. The number of hydrogen-bond acceptors (Lipinski definition) is 3. The predicted molar refractivity (Wildman–Crippen MR) is 127 cm³/mol. The molecule has 0 radical (unpaired) electrons. The van der Waals surface area contributed by atoms with Gasteiger partial charge in [-0.15, -0.1) is 11.8 Å². The molecule has 30 heavy (non-hydrogen) atoms. The molecule has 3 nitrogen and oxygen atoms in total. The van der Waals surface area contributed by atoms with Gasteiger partial charge in [0, 0.05) is 21.9 Å². The first-order valence-corrected chi connectivity index (χ1v) is 11.2. The SMILES string of the molecule is Cc1cc(=O)[nH]c2ccc(OCCCCSc3ccc(-c4ccccc4)cc3)cc12. The van der Waals surface area contributed by atoms with E-state index in [9.17, 15) is 4.79 Å². The highest BCUT2D eigenvalue weighted by molar-refractivity contribution is 7.99. The van der Waals surface area contributed by atoms with Crippen LogP contribution in [0, 0.1) is 6.92 Å². The number of aromatic nitrogens is 1. The monoisotopic (exact) mass is 415 g/mol. The lowest BCUT2D eigenvalue weighted by Gasteiger charge is -2.09. The Hall–Kier alpha value is -2.98. The zero-order valence-electron chi connectivity index (χ0n) is 17.1. The average Bonchev–Trinajstić information content (AvgIpc) is 2.77. The van der Waals surface area contributed by atoms with Crippen molar-refractivity contribution in [3.8, 4) is 16.9 Å². The van der Waals surface area contributed by atoms with Gasteiger partial charge in [0.2, 0.25) is 5.56 Å². The van der Waals surface area contributed by atoms with E-state index in [1.807, 2.05) is 43.0 Å². The molecule has 0 aliphatic heterocycles. The molecule has 0 amide bonds. The fourth-order valence-corrected chi connectivity index (χ4v) is 4.36. The molecule has 0 unspecified atom stereocenters. The van der Waals surface area contributed by atoms with Crippen LogP contribution in [-0.2, 0) is 0 Å². The summed E-state index contributed by atoms with van der Waals surface area (Å²) < 4.78 is 5.92. The largest absolute Gasteiger partial charge is 0.494 e. The van der Waals surface area contributed by atoms with Gasteiger partial charge < -0.3 is 9.72 Å². The van der Waals surface area contributed by atoms with E-state index in [1.165, 1.54) is 16.0 Å². The Labute approximate surface area is 181 Å². The lowest BCUT2D eigenvalue weighted by molar-refractivity contribution is 0.310. The fraction of sp³-hybridized carbons (Fsp3) is 0.192. The number of unbranched alkanes of at least 4 members (excludes halogenated alkanes) is 1. The second-order valence-corrected chi connectivity index (χ2v) is 8.49. The molecule has 0 fully saturated rings. The summed E-state index contributed by atoms with van der Waals surface area (Å²) in [7, 11) is 0. The molecule has 1 heterocycles. The summed E-state index contributed by atoms with van der Waals surface area (Å²) in [6.45, 7) is 2.65. The number of hydrogen-bond donors (Lipinski definition) is 1. The molecule has 0 saturated heterocycles. The molecule has 4 rings (SSSR count). The molecule has 0 aliphatic carbocycles. The number of H-pyrrole nitrogens is 1. The highest BCUT2D eigenvalue weighted by atomic mass is 32.2. The van der Waals surface area contributed by atoms with Crippen LogP contribution in [0.2, 0.25) is 0 Å². The van der Waals surface area contributed by atoms with Crippen molar-refractivity contribution in [3.63, 3.8) is 0 Å². The van der Waals surface area contributed by atoms with Crippen LogP contribution in [0.5, 0.6) is 5.75 Å². The summed E-state index contributed by atoms with van der Waals surface area (Å²) in [5, 5.41) is 1.03. The summed E-state index contributed by atoms with van der Waals surface area (Å²) in [6, 6.07) is 26.7. The van der Waals surface area contributed by atoms with Crippen LogP contribution in [0.1, 0.15) is 18.4 Å². The molecule has 3 aromatic carbocycles. The molecule has 0 bridgehead atoms. The van der Waals surface area contributed by atoms with Gasteiger partial charge in [0.15, 0.2) is 0 Å². The van der Waals surface area contributed by atoms with E-state index in [1.54, 1.807) is 6.07 Å². The van der Waals surface area contributed by atoms with E-state index in [0.29, 0.717) is 6.61 Å². The third kappa shape index (κ3) is 5.14. The Bertz CT molecular complexity index is 1170. The van der Waals surface area contributed by atoms with Crippen molar-refractivity contribution >= 4 is 22.7 Å². The maximum Gasteiger partial charge on any atom is 0.248 e. The highest BCUT2D eigenvalue weighted by Crippen LogP contribution is 2.25. The minimum absolute atomic E-state index is 0.0686. The predicted octanol–water partition coefficient (Wildman–Crippen LogP) is 6.45. The number of thioether (sulfide) groups is 1. The van der Waals surface area contributed by atoms with Crippen molar-refractivity contribution in [2.24, 2.45) is 0 Å². The Morgan fingerprint density at radius 2 is 1.63 bits per heavy atom. The molecule has 0 spiro atoms. The van der Waals surface area contributed by atoms with Gasteiger partial charge in [-0.2, -0.15) is 0 Å². The number of pyridine rings is 1. The summed E-state index contributed by atoms with van der Waals surface area (Å²) in [4.78, 5) is 15.7. The number of nitrogens with one attached hydrogen (secondary N) is 1. The molecule has 0 saturated carbocycles. The second-order valence-electron chi connectivity index (χ2n) is 7.32. The van der Waals surface area contributed by atoms with E-state index in [-0.39, 0.29) is 5.56 Å². The average molecular weight is 416 g/mol. The molecule has 1 aromatic heterocycles. The van der Waals surface area contributed by atoms with Gasteiger partial charge in [0.05, 0.1) is 6.61 Å².